The van der Waals surface area contributed by atoms with Gasteiger partial charge in [-0.1, -0.05) is 25.7 Å². The van der Waals surface area contributed by atoms with E-state index >= 15 is 0 Å². The van der Waals surface area contributed by atoms with Gasteiger partial charge in [0.2, 0.25) is 10.0 Å². The molecule has 2 fully saturated rings. The molecule has 2 aliphatic rings. The van der Waals surface area contributed by atoms with Crippen molar-refractivity contribution in [2.24, 2.45) is 0 Å². The van der Waals surface area contributed by atoms with Gasteiger partial charge in [0.1, 0.15) is 5.75 Å². The van der Waals surface area contributed by atoms with Crippen LogP contribution < -0.4 is 9.46 Å². The molecule has 1 aromatic carbocycles. The van der Waals surface area contributed by atoms with Crippen LogP contribution in [0.5, 0.6) is 5.75 Å². The average Bonchev–Trinajstić information content (AvgIpc) is 3.21. The number of benzene rings is 1. The van der Waals surface area contributed by atoms with Crippen LogP contribution in [0.1, 0.15) is 68.1 Å². The van der Waals surface area contributed by atoms with E-state index in [1.165, 1.54) is 44.9 Å². The smallest absolute Gasteiger partial charge is 0.257 e. The van der Waals surface area contributed by atoms with E-state index in [4.69, 9.17) is 4.74 Å². The van der Waals surface area contributed by atoms with Crippen molar-refractivity contribution in [3.05, 3.63) is 23.8 Å². The first-order chi connectivity index (χ1) is 15.0. The first-order valence-corrected chi connectivity index (χ1v) is 13.2. The van der Waals surface area contributed by atoms with Crippen molar-refractivity contribution in [2.45, 2.75) is 62.7 Å². The highest BCUT2D eigenvalue weighted by molar-refractivity contribution is 7.89. The van der Waals surface area contributed by atoms with E-state index in [-0.39, 0.29) is 10.8 Å². The Labute approximate surface area is 187 Å². The van der Waals surface area contributed by atoms with E-state index in [9.17, 15) is 13.2 Å². The van der Waals surface area contributed by atoms with E-state index in [1.54, 1.807) is 6.07 Å². The Morgan fingerprint density at radius 2 is 1.58 bits per heavy atom. The number of nitrogens with one attached hydrogen (secondary N) is 1. The third-order valence-corrected chi connectivity index (χ3v) is 7.71. The zero-order chi connectivity index (χ0) is 22.1. The predicted octanol–water partition coefficient (Wildman–Crippen LogP) is 3.26. The summed E-state index contributed by atoms with van der Waals surface area (Å²) in [4.78, 5) is 17.5. The third kappa shape index (κ3) is 6.92. The molecular weight excluding hydrogens is 414 g/mol. The Balaban J connectivity index is 1.63. The highest BCUT2D eigenvalue weighted by Gasteiger charge is 2.24. The van der Waals surface area contributed by atoms with Gasteiger partial charge in [-0.2, -0.15) is 0 Å². The Kier molecular flexibility index (Phi) is 9.16. The molecule has 0 saturated carbocycles. The fraction of sp³-hybridized carbons (Fsp3) is 0.696. The molecule has 0 radical (unpaired) electrons. The van der Waals surface area contributed by atoms with Crippen molar-refractivity contribution in [3.63, 3.8) is 0 Å². The topological polar surface area (TPSA) is 79.0 Å². The third-order valence-electron chi connectivity index (χ3n) is 6.25. The maximum absolute atomic E-state index is 13.1. The van der Waals surface area contributed by atoms with Crippen molar-refractivity contribution in [1.29, 1.82) is 0 Å². The van der Waals surface area contributed by atoms with E-state index in [0.717, 1.165) is 51.7 Å². The second-order valence-corrected chi connectivity index (χ2v) is 10.3. The standard InChI is InChI=1S/C23H37N3O4S/c1-30-22-12-11-20(19-21(22)23(27)26-17-8-4-5-9-18-26)31(28,29)24-13-10-16-25-14-6-2-3-7-15-25/h11-12,19,24H,2-10,13-18H2,1H3. The van der Waals surface area contributed by atoms with Gasteiger partial charge in [0.05, 0.1) is 17.6 Å². The van der Waals surface area contributed by atoms with Crippen LogP contribution in [0.25, 0.3) is 0 Å². The Morgan fingerprint density at radius 1 is 0.968 bits per heavy atom. The SMILES string of the molecule is COc1ccc(S(=O)(=O)NCCCN2CCCCCC2)cc1C(=O)N1CCCCCC1. The van der Waals surface area contributed by atoms with Crippen LogP contribution in [0.3, 0.4) is 0 Å². The second-order valence-electron chi connectivity index (χ2n) is 8.58. The molecule has 1 N–H and O–H groups in total. The number of hydrogen-bond donors (Lipinski definition) is 1. The van der Waals surface area contributed by atoms with Crippen LogP contribution in [0.4, 0.5) is 0 Å². The summed E-state index contributed by atoms with van der Waals surface area (Å²) in [6, 6.07) is 4.55. The lowest BCUT2D eigenvalue weighted by Crippen LogP contribution is -2.33. The summed E-state index contributed by atoms with van der Waals surface area (Å²) in [5.74, 6) is 0.256. The molecule has 0 bridgehead atoms. The number of hydrogen-bond acceptors (Lipinski definition) is 5. The van der Waals surface area contributed by atoms with Crippen LogP contribution in [-0.4, -0.2) is 70.5 Å². The molecule has 174 valence electrons. The number of sulfonamides is 1. The van der Waals surface area contributed by atoms with Crippen LogP contribution in [0.15, 0.2) is 23.1 Å². The number of rotatable bonds is 8. The van der Waals surface area contributed by atoms with Crippen LogP contribution in [0.2, 0.25) is 0 Å². The van der Waals surface area contributed by atoms with Gasteiger partial charge in [0.15, 0.2) is 0 Å². The summed E-state index contributed by atoms with van der Waals surface area (Å²) in [6.45, 7) is 4.91. The lowest BCUT2D eigenvalue weighted by Gasteiger charge is -2.22. The lowest BCUT2D eigenvalue weighted by atomic mass is 10.1. The van der Waals surface area contributed by atoms with Gasteiger partial charge in [-0.05, 0) is 69.9 Å². The minimum absolute atomic E-state index is 0.112. The van der Waals surface area contributed by atoms with Crippen LogP contribution >= 0.6 is 0 Å². The quantitative estimate of drug-likeness (QED) is 0.614. The van der Waals surface area contributed by atoms with Crippen molar-refractivity contribution in [3.8, 4) is 5.75 Å². The molecule has 0 unspecified atom stereocenters. The van der Waals surface area contributed by atoms with Gasteiger partial charge in [-0.15, -0.1) is 0 Å². The van der Waals surface area contributed by atoms with Crippen LogP contribution in [0, 0.1) is 0 Å². The molecule has 2 aliphatic heterocycles. The normalized spacial score (nSPS) is 18.9. The Morgan fingerprint density at radius 3 is 2.19 bits per heavy atom. The Hall–Kier alpha value is -1.64. The van der Waals surface area contributed by atoms with Gasteiger partial charge < -0.3 is 14.5 Å². The molecule has 0 aromatic heterocycles. The summed E-state index contributed by atoms with van der Waals surface area (Å²) < 4.78 is 33.8. The second kappa shape index (κ2) is 11.8. The molecule has 1 aromatic rings. The lowest BCUT2D eigenvalue weighted by molar-refractivity contribution is 0.0758. The van der Waals surface area contributed by atoms with Gasteiger partial charge in [0.25, 0.3) is 5.91 Å². The molecule has 0 spiro atoms. The van der Waals surface area contributed by atoms with E-state index in [2.05, 4.69) is 9.62 Å². The molecule has 3 rings (SSSR count). The van der Waals surface area contributed by atoms with Crippen molar-refractivity contribution in [2.75, 3.05) is 46.4 Å². The minimum atomic E-state index is -3.68. The number of methoxy groups -OCH3 is 1. The molecule has 7 nitrogen and oxygen atoms in total. The monoisotopic (exact) mass is 451 g/mol. The van der Waals surface area contributed by atoms with Gasteiger partial charge >= 0.3 is 0 Å². The molecule has 31 heavy (non-hydrogen) atoms. The van der Waals surface area contributed by atoms with E-state index in [1.807, 2.05) is 4.90 Å². The zero-order valence-corrected chi connectivity index (χ0v) is 19.6. The highest BCUT2D eigenvalue weighted by Crippen LogP contribution is 2.25. The zero-order valence-electron chi connectivity index (χ0n) is 18.8. The summed E-state index contributed by atoms with van der Waals surface area (Å²) in [7, 11) is -2.18. The first-order valence-electron chi connectivity index (χ1n) is 11.7. The van der Waals surface area contributed by atoms with Crippen LogP contribution in [-0.2, 0) is 10.0 Å². The summed E-state index contributed by atoms with van der Waals surface area (Å²) in [6.07, 6.45) is 10.0. The largest absolute Gasteiger partial charge is 0.496 e. The van der Waals surface area contributed by atoms with Gasteiger partial charge in [-0.25, -0.2) is 13.1 Å². The maximum Gasteiger partial charge on any atom is 0.257 e. The summed E-state index contributed by atoms with van der Waals surface area (Å²) >= 11 is 0. The number of carbonyl (C=O) groups is 1. The number of ether oxygens (including phenoxy) is 1. The van der Waals surface area contributed by atoms with Crippen molar-refractivity contribution >= 4 is 15.9 Å². The number of amides is 1. The van der Waals surface area contributed by atoms with E-state index < -0.39 is 10.0 Å². The van der Waals surface area contributed by atoms with Gasteiger partial charge in [0, 0.05) is 19.6 Å². The number of likely N-dealkylation sites (tertiary alicyclic amines) is 2. The van der Waals surface area contributed by atoms with Crippen molar-refractivity contribution < 1.29 is 17.9 Å². The number of carbonyl (C=O) groups excluding carboxylic acids is 1. The Bertz CT molecular complexity index is 812. The molecule has 0 aliphatic carbocycles. The molecule has 2 saturated heterocycles. The first kappa shape index (κ1) is 24.0. The predicted molar refractivity (Wildman–Crippen MR) is 122 cm³/mol. The molecule has 2 heterocycles. The molecule has 8 heteroatoms. The summed E-state index contributed by atoms with van der Waals surface area (Å²) in [5.41, 5.74) is 0.317. The molecule has 0 atom stereocenters. The van der Waals surface area contributed by atoms with Crippen molar-refractivity contribution in [1.82, 2.24) is 14.5 Å². The molecule has 1 amide bonds. The number of nitrogens with zero attached hydrogens (tertiary/aromatic N) is 2. The fourth-order valence-corrected chi connectivity index (χ4v) is 5.52. The summed E-state index contributed by atoms with van der Waals surface area (Å²) in [5, 5.41) is 0. The fourth-order valence-electron chi connectivity index (χ4n) is 4.42. The van der Waals surface area contributed by atoms with Gasteiger partial charge in [-0.3, -0.25) is 4.79 Å². The maximum atomic E-state index is 13.1. The van der Waals surface area contributed by atoms with E-state index in [0.29, 0.717) is 30.9 Å². The minimum Gasteiger partial charge on any atom is -0.496 e. The highest BCUT2D eigenvalue weighted by atomic mass is 32.2. The molecular formula is C23H37N3O4S. The average molecular weight is 452 g/mol.